The molecule has 106 valence electrons. The summed E-state index contributed by atoms with van der Waals surface area (Å²) in [6.07, 6.45) is 1.33. The van der Waals surface area contributed by atoms with Crippen molar-refractivity contribution >= 4 is 10.0 Å². The van der Waals surface area contributed by atoms with Gasteiger partial charge in [0.15, 0.2) is 0 Å². The molecule has 0 radical (unpaired) electrons. The fourth-order valence-corrected chi connectivity index (χ4v) is 2.76. The van der Waals surface area contributed by atoms with Crippen molar-refractivity contribution in [3.8, 4) is 5.75 Å². The van der Waals surface area contributed by atoms with Gasteiger partial charge in [0, 0.05) is 0 Å². The fourth-order valence-electron chi connectivity index (χ4n) is 1.96. The molecule has 2 aromatic rings. The lowest BCUT2D eigenvalue weighted by molar-refractivity contribution is 0.310. The van der Waals surface area contributed by atoms with Crippen LogP contribution in [0.4, 0.5) is 0 Å². The van der Waals surface area contributed by atoms with Gasteiger partial charge in [-0.3, -0.25) is 0 Å². The molecule has 0 aliphatic carbocycles. The Bertz CT molecular complexity index is 654. The van der Waals surface area contributed by atoms with Gasteiger partial charge in [-0.15, -0.1) is 0 Å². The summed E-state index contributed by atoms with van der Waals surface area (Å²) in [4.78, 5) is 0.194. The van der Waals surface area contributed by atoms with E-state index in [2.05, 4.69) is 0 Å². The van der Waals surface area contributed by atoms with E-state index in [9.17, 15) is 8.42 Å². The summed E-state index contributed by atoms with van der Waals surface area (Å²) >= 11 is 0. The van der Waals surface area contributed by atoms with Gasteiger partial charge in [0.1, 0.15) is 5.75 Å². The molecule has 5 heteroatoms. The van der Waals surface area contributed by atoms with Crippen molar-refractivity contribution in [3.63, 3.8) is 0 Å². The molecule has 0 saturated carbocycles. The predicted molar refractivity (Wildman–Crippen MR) is 78.1 cm³/mol. The van der Waals surface area contributed by atoms with E-state index in [4.69, 9.17) is 9.88 Å². The monoisotopic (exact) mass is 291 g/mol. The molecule has 0 aromatic heterocycles. The van der Waals surface area contributed by atoms with Gasteiger partial charge in [0.2, 0.25) is 10.0 Å². The quantitative estimate of drug-likeness (QED) is 0.831. The lowest BCUT2D eigenvalue weighted by Crippen LogP contribution is -2.14. The van der Waals surface area contributed by atoms with E-state index in [1.165, 1.54) is 6.07 Å². The summed E-state index contributed by atoms with van der Waals surface area (Å²) in [5, 5.41) is 5.19. The van der Waals surface area contributed by atoms with Gasteiger partial charge in [-0.05, 0) is 36.6 Å². The van der Waals surface area contributed by atoms with Crippen LogP contribution in [0.25, 0.3) is 0 Å². The van der Waals surface area contributed by atoms with Crippen LogP contribution >= 0.6 is 0 Å². The Hall–Kier alpha value is -1.85. The number of benzene rings is 2. The molecule has 0 fully saturated rings. The van der Waals surface area contributed by atoms with Crippen LogP contribution in [-0.4, -0.2) is 15.0 Å². The molecule has 0 spiro atoms. The van der Waals surface area contributed by atoms with E-state index in [0.29, 0.717) is 13.0 Å². The number of nitrogens with two attached hydrogens (primary N) is 1. The molecule has 2 N–H and O–H groups in total. The second kappa shape index (κ2) is 6.54. The third kappa shape index (κ3) is 4.08. The molecule has 0 saturated heterocycles. The Morgan fingerprint density at radius 3 is 2.30 bits per heavy atom. The van der Waals surface area contributed by atoms with Crippen LogP contribution in [0, 0.1) is 0 Å². The largest absolute Gasteiger partial charge is 0.494 e. The Kier molecular flexibility index (Phi) is 4.76. The van der Waals surface area contributed by atoms with Gasteiger partial charge < -0.3 is 4.74 Å². The molecule has 0 bridgehead atoms. The van der Waals surface area contributed by atoms with Crippen molar-refractivity contribution in [2.24, 2.45) is 5.14 Å². The first kappa shape index (κ1) is 14.6. The summed E-state index contributed by atoms with van der Waals surface area (Å²) in [5.41, 5.74) is 0.728. The van der Waals surface area contributed by atoms with Crippen molar-refractivity contribution in [1.29, 1.82) is 0 Å². The van der Waals surface area contributed by atoms with Crippen LogP contribution in [0.1, 0.15) is 12.0 Å². The first-order chi connectivity index (χ1) is 9.57. The summed E-state index contributed by atoms with van der Waals surface area (Å²) < 4.78 is 28.5. The molecule has 0 amide bonds. The number of sulfonamides is 1. The molecule has 0 atom stereocenters. The Labute approximate surface area is 119 Å². The van der Waals surface area contributed by atoms with E-state index < -0.39 is 10.0 Å². The van der Waals surface area contributed by atoms with Gasteiger partial charge in [0.05, 0.1) is 11.5 Å². The molecule has 0 unspecified atom stereocenters. The highest BCUT2D eigenvalue weighted by Crippen LogP contribution is 2.16. The second-order valence-electron chi connectivity index (χ2n) is 4.42. The highest BCUT2D eigenvalue weighted by Gasteiger charge is 2.12. The number of hydrogen-bond donors (Lipinski definition) is 1. The van der Waals surface area contributed by atoms with Gasteiger partial charge in [-0.25, -0.2) is 13.6 Å². The molecule has 0 aliphatic heterocycles. The molecular weight excluding hydrogens is 274 g/mol. The fraction of sp³-hybridized carbons (Fsp3) is 0.200. The van der Waals surface area contributed by atoms with Crippen LogP contribution in [-0.2, 0) is 16.4 Å². The highest BCUT2D eigenvalue weighted by molar-refractivity contribution is 7.89. The SMILES string of the molecule is NS(=O)(=O)c1ccccc1CCCOc1ccccc1. The van der Waals surface area contributed by atoms with Crippen LogP contribution in [0.15, 0.2) is 59.5 Å². The maximum Gasteiger partial charge on any atom is 0.238 e. The summed E-state index contributed by atoms with van der Waals surface area (Å²) in [6.45, 7) is 0.531. The number of aryl methyl sites for hydroxylation is 1. The Morgan fingerprint density at radius 1 is 0.950 bits per heavy atom. The van der Waals surface area contributed by atoms with Gasteiger partial charge in [-0.2, -0.15) is 0 Å². The smallest absolute Gasteiger partial charge is 0.238 e. The normalized spacial score (nSPS) is 11.2. The predicted octanol–water partition coefficient (Wildman–Crippen LogP) is 2.35. The first-order valence-corrected chi connectivity index (χ1v) is 7.90. The minimum absolute atomic E-state index is 0.194. The highest BCUT2D eigenvalue weighted by atomic mass is 32.2. The van der Waals surface area contributed by atoms with Gasteiger partial charge in [0.25, 0.3) is 0 Å². The number of hydrogen-bond acceptors (Lipinski definition) is 3. The maximum absolute atomic E-state index is 11.5. The van der Waals surface area contributed by atoms with Crippen LogP contribution in [0.2, 0.25) is 0 Å². The van der Waals surface area contributed by atoms with Crippen LogP contribution in [0.5, 0.6) is 5.75 Å². The Balaban J connectivity index is 1.92. The number of para-hydroxylation sites is 1. The van der Waals surface area contributed by atoms with E-state index in [1.807, 2.05) is 36.4 Å². The average Bonchev–Trinajstić information content (AvgIpc) is 2.44. The van der Waals surface area contributed by atoms with Crippen LogP contribution < -0.4 is 9.88 Å². The number of ether oxygens (including phenoxy) is 1. The third-order valence-corrected chi connectivity index (χ3v) is 3.89. The number of primary sulfonamides is 1. The van der Waals surface area contributed by atoms with E-state index in [-0.39, 0.29) is 4.90 Å². The molecule has 2 rings (SSSR count). The first-order valence-electron chi connectivity index (χ1n) is 6.36. The number of rotatable bonds is 6. The lowest BCUT2D eigenvalue weighted by Gasteiger charge is -2.08. The third-order valence-electron chi connectivity index (χ3n) is 2.88. The summed E-state index contributed by atoms with van der Waals surface area (Å²) in [5.74, 6) is 0.812. The maximum atomic E-state index is 11.5. The van der Waals surface area contributed by atoms with E-state index in [0.717, 1.165) is 17.7 Å². The zero-order valence-corrected chi connectivity index (χ0v) is 11.8. The standard InChI is InChI=1S/C15H17NO3S/c16-20(17,18)15-11-5-4-7-13(15)8-6-12-19-14-9-2-1-3-10-14/h1-5,7,9-11H,6,8,12H2,(H2,16,17,18). The van der Waals surface area contributed by atoms with Crippen molar-refractivity contribution in [2.75, 3.05) is 6.61 Å². The van der Waals surface area contributed by atoms with E-state index in [1.54, 1.807) is 12.1 Å². The van der Waals surface area contributed by atoms with Gasteiger partial charge >= 0.3 is 0 Å². The second-order valence-corrected chi connectivity index (χ2v) is 5.95. The van der Waals surface area contributed by atoms with Crippen molar-refractivity contribution < 1.29 is 13.2 Å². The molecule has 0 aliphatic rings. The molecular formula is C15H17NO3S. The van der Waals surface area contributed by atoms with Crippen LogP contribution in [0.3, 0.4) is 0 Å². The van der Waals surface area contributed by atoms with Crippen molar-refractivity contribution in [3.05, 3.63) is 60.2 Å². The lowest BCUT2D eigenvalue weighted by atomic mass is 10.1. The zero-order valence-electron chi connectivity index (χ0n) is 11.0. The Morgan fingerprint density at radius 2 is 1.60 bits per heavy atom. The molecule has 0 heterocycles. The average molecular weight is 291 g/mol. The zero-order chi connectivity index (χ0) is 14.4. The van der Waals surface area contributed by atoms with Crippen molar-refractivity contribution in [1.82, 2.24) is 0 Å². The molecule has 2 aromatic carbocycles. The molecule has 4 nitrogen and oxygen atoms in total. The topological polar surface area (TPSA) is 69.4 Å². The minimum Gasteiger partial charge on any atom is -0.494 e. The van der Waals surface area contributed by atoms with Gasteiger partial charge in [-0.1, -0.05) is 36.4 Å². The van der Waals surface area contributed by atoms with Crippen molar-refractivity contribution in [2.45, 2.75) is 17.7 Å². The van der Waals surface area contributed by atoms with E-state index >= 15 is 0 Å². The summed E-state index contributed by atoms with van der Waals surface area (Å²) in [7, 11) is -3.66. The summed E-state index contributed by atoms with van der Waals surface area (Å²) in [6, 6.07) is 16.3. The minimum atomic E-state index is -3.66. The molecule has 20 heavy (non-hydrogen) atoms.